The second-order valence-corrected chi connectivity index (χ2v) is 4.03. The molecule has 1 amide bonds. The van der Waals surface area contributed by atoms with E-state index >= 15 is 0 Å². The van der Waals surface area contributed by atoms with Crippen molar-refractivity contribution >= 4 is 17.6 Å². The number of rotatable bonds is 4. The Morgan fingerprint density at radius 1 is 1.30 bits per heavy atom. The van der Waals surface area contributed by atoms with Crippen LogP contribution in [0.15, 0.2) is 34.9 Å². The number of nitrogens with zero attached hydrogens (tertiary/aromatic N) is 1. The van der Waals surface area contributed by atoms with Crippen LogP contribution >= 0.6 is 0 Å². The molecule has 0 saturated heterocycles. The molecule has 6 heteroatoms. The van der Waals surface area contributed by atoms with E-state index in [-0.39, 0.29) is 5.89 Å². The molecule has 1 aromatic heterocycles. The summed E-state index contributed by atoms with van der Waals surface area (Å²) < 4.78 is 9.98. The van der Waals surface area contributed by atoms with Gasteiger partial charge in [-0.3, -0.25) is 4.79 Å². The van der Waals surface area contributed by atoms with Gasteiger partial charge in [-0.1, -0.05) is 0 Å². The van der Waals surface area contributed by atoms with Gasteiger partial charge in [-0.2, -0.15) is 0 Å². The molecule has 0 bridgehead atoms. The lowest BCUT2D eigenvalue weighted by Gasteiger charge is -2.04. The monoisotopic (exact) mass is 274 g/mol. The number of amides is 1. The molecule has 0 fully saturated rings. The smallest absolute Gasteiger partial charge is 0.338 e. The standard InChI is InChI=1S/C14H14N2O4/c1-3-19-14(18)10-4-6-11(7-5-10)16-12(17)13-15-8-9(2)20-13/h4-8H,3H2,1-2H3,(H,16,17). The van der Waals surface area contributed by atoms with Gasteiger partial charge < -0.3 is 14.5 Å². The first-order valence-electron chi connectivity index (χ1n) is 6.11. The zero-order valence-corrected chi connectivity index (χ0v) is 11.2. The van der Waals surface area contributed by atoms with Crippen LogP contribution in [0.2, 0.25) is 0 Å². The first kappa shape index (κ1) is 13.8. The number of esters is 1. The number of carbonyl (C=O) groups excluding carboxylic acids is 2. The molecular weight excluding hydrogens is 260 g/mol. The summed E-state index contributed by atoms with van der Waals surface area (Å²) in [6.07, 6.45) is 1.47. The van der Waals surface area contributed by atoms with Crippen molar-refractivity contribution in [3.63, 3.8) is 0 Å². The van der Waals surface area contributed by atoms with E-state index in [0.29, 0.717) is 23.6 Å². The third-order valence-electron chi connectivity index (χ3n) is 2.47. The first-order chi connectivity index (χ1) is 9.60. The minimum atomic E-state index is -0.443. The normalized spacial score (nSPS) is 10.1. The number of hydrogen-bond acceptors (Lipinski definition) is 5. The molecule has 0 radical (unpaired) electrons. The van der Waals surface area contributed by atoms with Gasteiger partial charge in [0.15, 0.2) is 0 Å². The van der Waals surface area contributed by atoms with Crippen molar-refractivity contribution in [2.24, 2.45) is 0 Å². The molecule has 20 heavy (non-hydrogen) atoms. The summed E-state index contributed by atoms with van der Waals surface area (Å²) in [5, 5.41) is 2.62. The number of anilines is 1. The van der Waals surface area contributed by atoms with Gasteiger partial charge >= 0.3 is 11.9 Å². The summed E-state index contributed by atoms with van der Waals surface area (Å²) in [5.41, 5.74) is 0.968. The van der Waals surface area contributed by atoms with Crippen LogP contribution in [-0.2, 0) is 4.74 Å². The maximum absolute atomic E-state index is 11.8. The Bertz CT molecular complexity index is 616. The predicted molar refractivity (Wildman–Crippen MR) is 71.6 cm³/mol. The van der Waals surface area contributed by atoms with Crippen LogP contribution in [0.4, 0.5) is 5.69 Å². The molecule has 0 aliphatic rings. The highest BCUT2D eigenvalue weighted by molar-refractivity contribution is 6.01. The quantitative estimate of drug-likeness (QED) is 0.866. The molecule has 1 aromatic carbocycles. The van der Waals surface area contributed by atoms with E-state index in [2.05, 4.69) is 10.3 Å². The molecule has 1 heterocycles. The van der Waals surface area contributed by atoms with Gasteiger partial charge in [0, 0.05) is 5.69 Å². The van der Waals surface area contributed by atoms with Crippen molar-refractivity contribution < 1.29 is 18.7 Å². The van der Waals surface area contributed by atoms with Crippen molar-refractivity contribution in [1.29, 1.82) is 0 Å². The Morgan fingerprint density at radius 3 is 2.55 bits per heavy atom. The average molecular weight is 274 g/mol. The third kappa shape index (κ3) is 3.23. The average Bonchev–Trinajstić information content (AvgIpc) is 2.86. The Labute approximate surface area is 115 Å². The zero-order chi connectivity index (χ0) is 14.5. The number of aromatic nitrogens is 1. The van der Waals surface area contributed by atoms with Crippen LogP contribution in [0.5, 0.6) is 0 Å². The molecule has 1 N–H and O–H groups in total. The molecule has 0 spiro atoms. The summed E-state index contributed by atoms with van der Waals surface area (Å²) in [4.78, 5) is 27.1. The van der Waals surface area contributed by atoms with Crippen LogP contribution in [0.3, 0.4) is 0 Å². The molecule has 0 atom stereocenters. The lowest BCUT2D eigenvalue weighted by Crippen LogP contribution is -2.12. The van der Waals surface area contributed by atoms with Crippen LogP contribution in [-0.4, -0.2) is 23.5 Å². The predicted octanol–water partition coefficient (Wildman–Crippen LogP) is 2.41. The molecule has 104 valence electrons. The van der Waals surface area contributed by atoms with Gasteiger partial charge in [-0.15, -0.1) is 0 Å². The van der Waals surface area contributed by atoms with Gasteiger partial charge in [-0.05, 0) is 38.1 Å². The summed E-state index contributed by atoms with van der Waals surface area (Å²) in [6.45, 7) is 3.77. The number of nitrogens with one attached hydrogen (secondary N) is 1. The third-order valence-corrected chi connectivity index (χ3v) is 2.47. The van der Waals surface area contributed by atoms with E-state index in [4.69, 9.17) is 9.15 Å². The number of benzene rings is 1. The van der Waals surface area contributed by atoms with E-state index in [1.165, 1.54) is 6.20 Å². The van der Waals surface area contributed by atoms with Crippen LogP contribution in [0, 0.1) is 6.92 Å². The highest BCUT2D eigenvalue weighted by Crippen LogP contribution is 2.12. The van der Waals surface area contributed by atoms with Crippen LogP contribution in [0.25, 0.3) is 0 Å². The Morgan fingerprint density at radius 2 is 2.00 bits per heavy atom. The zero-order valence-electron chi connectivity index (χ0n) is 11.2. The summed E-state index contributed by atoms with van der Waals surface area (Å²) >= 11 is 0. The highest BCUT2D eigenvalue weighted by atomic mass is 16.5. The van der Waals surface area contributed by atoms with E-state index < -0.39 is 11.9 Å². The Hall–Kier alpha value is -2.63. The molecule has 2 aromatic rings. The van der Waals surface area contributed by atoms with Crippen molar-refractivity contribution in [2.75, 3.05) is 11.9 Å². The minimum absolute atomic E-state index is 0.00281. The number of hydrogen-bond donors (Lipinski definition) is 1. The number of oxazole rings is 1. The van der Waals surface area contributed by atoms with Gasteiger partial charge in [0.05, 0.1) is 18.4 Å². The van der Waals surface area contributed by atoms with Gasteiger partial charge in [0.1, 0.15) is 5.76 Å². The maximum Gasteiger partial charge on any atom is 0.338 e. The highest BCUT2D eigenvalue weighted by Gasteiger charge is 2.12. The largest absolute Gasteiger partial charge is 0.462 e. The van der Waals surface area contributed by atoms with Gasteiger partial charge in [0.25, 0.3) is 5.89 Å². The molecule has 0 aliphatic carbocycles. The summed E-state index contributed by atoms with van der Waals surface area (Å²) in [7, 11) is 0. The summed E-state index contributed by atoms with van der Waals surface area (Å²) in [5.74, 6) is -0.277. The van der Waals surface area contributed by atoms with Crippen molar-refractivity contribution in [3.8, 4) is 0 Å². The van der Waals surface area contributed by atoms with Gasteiger partial charge in [0.2, 0.25) is 0 Å². The van der Waals surface area contributed by atoms with Gasteiger partial charge in [-0.25, -0.2) is 9.78 Å². The van der Waals surface area contributed by atoms with Crippen molar-refractivity contribution in [1.82, 2.24) is 4.98 Å². The number of ether oxygens (including phenoxy) is 1. The Balaban J connectivity index is 2.04. The summed E-state index contributed by atoms with van der Waals surface area (Å²) in [6, 6.07) is 6.38. The first-order valence-corrected chi connectivity index (χ1v) is 6.11. The SMILES string of the molecule is CCOC(=O)c1ccc(NC(=O)c2ncc(C)o2)cc1. The number of carbonyl (C=O) groups is 2. The Kier molecular flexibility index (Phi) is 4.14. The minimum Gasteiger partial charge on any atom is -0.462 e. The molecule has 0 aliphatic heterocycles. The maximum atomic E-state index is 11.8. The molecule has 0 saturated carbocycles. The second-order valence-electron chi connectivity index (χ2n) is 4.03. The van der Waals surface area contributed by atoms with E-state index in [1.807, 2.05) is 0 Å². The second kappa shape index (κ2) is 6.01. The van der Waals surface area contributed by atoms with E-state index in [9.17, 15) is 9.59 Å². The lowest BCUT2D eigenvalue weighted by atomic mass is 10.2. The van der Waals surface area contributed by atoms with Crippen LogP contribution in [0.1, 0.15) is 33.7 Å². The van der Waals surface area contributed by atoms with Crippen LogP contribution < -0.4 is 5.32 Å². The number of aryl methyl sites for hydroxylation is 1. The molecule has 2 rings (SSSR count). The lowest BCUT2D eigenvalue weighted by molar-refractivity contribution is 0.0526. The fourth-order valence-corrected chi connectivity index (χ4v) is 1.55. The topological polar surface area (TPSA) is 81.4 Å². The fraction of sp³-hybridized carbons (Fsp3) is 0.214. The fourth-order valence-electron chi connectivity index (χ4n) is 1.55. The molecule has 0 unspecified atom stereocenters. The van der Waals surface area contributed by atoms with Crippen molar-refractivity contribution in [2.45, 2.75) is 13.8 Å². The van der Waals surface area contributed by atoms with Crippen molar-refractivity contribution in [3.05, 3.63) is 47.7 Å². The molecular formula is C14H14N2O4. The molecule has 6 nitrogen and oxygen atoms in total. The van der Waals surface area contributed by atoms with E-state index in [1.54, 1.807) is 38.1 Å². The van der Waals surface area contributed by atoms with E-state index in [0.717, 1.165) is 0 Å².